The second kappa shape index (κ2) is 4.43. The van der Waals surface area contributed by atoms with Gasteiger partial charge in [0.25, 0.3) is 0 Å². The van der Waals surface area contributed by atoms with Gasteiger partial charge in [0, 0.05) is 18.8 Å². The molecule has 0 N–H and O–H groups in total. The van der Waals surface area contributed by atoms with E-state index < -0.39 is 0 Å². The first-order valence-electron chi connectivity index (χ1n) is 4.96. The molecule has 0 aromatic carbocycles. The van der Waals surface area contributed by atoms with Crippen molar-refractivity contribution in [2.45, 2.75) is 13.0 Å². The van der Waals surface area contributed by atoms with Gasteiger partial charge in [-0.1, -0.05) is 11.6 Å². The number of halogens is 1. The topological polar surface area (TPSA) is 38.2 Å². The number of likely N-dealkylation sites (N-methyl/N-ethyl adjacent to an activating group) is 1. The SMILES string of the molecule is Cc1cc(Cl)nc(C2CN(C)CCO2)n1. The van der Waals surface area contributed by atoms with Crippen molar-refractivity contribution >= 4 is 11.6 Å². The fourth-order valence-corrected chi connectivity index (χ4v) is 1.87. The Morgan fingerprint density at radius 2 is 2.33 bits per heavy atom. The van der Waals surface area contributed by atoms with E-state index in [2.05, 4.69) is 21.9 Å². The Kier molecular flexibility index (Phi) is 3.19. The van der Waals surface area contributed by atoms with Crippen molar-refractivity contribution in [3.05, 3.63) is 22.7 Å². The fraction of sp³-hybridized carbons (Fsp3) is 0.600. The van der Waals surface area contributed by atoms with Crippen LogP contribution in [0.5, 0.6) is 0 Å². The van der Waals surface area contributed by atoms with E-state index in [0.717, 1.165) is 25.4 Å². The lowest BCUT2D eigenvalue weighted by Gasteiger charge is -2.29. The highest BCUT2D eigenvalue weighted by molar-refractivity contribution is 6.29. The number of nitrogens with zero attached hydrogens (tertiary/aromatic N) is 3. The highest BCUT2D eigenvalue weighted by Gasteiger charge is 2.22. The normalized spacial score (nSPS) is 23.0. The first kappa shape index (κ1) is 10.8. The maximum absolute atomic E-state index is 5.89. The lowest BCUT2D eigenvalue weighted by Crippen LogP contribution is -2.36. The van der Waals surface area contributed by atoms with Gasteiger partial charge in [-0.15, -0.1) is 0 Å². The minimum absolute atomic E-state index is 0.0545. The van der Waals surface area contributed by atoms with E-state index >= 15 is 0 Å². The van der Waals surface area contributed by atoms with Gasteiger partial charge in [0.05, 0.1) is 6.61 Å². The molecule has 0 bridgehead atoms. The largest absolute Gasteiger partial charge is 0.368 e. The van der Waals surface area contributed by atoms with Crippen molar-refractivity contribution in [3.8, 4) is 0 Å². The van der Waals surface area contributed by atoms with E-state index in [1.807, 2.05) is 6.92 Å². The molecule has 2 rings (SSSR count). The summed E-state index contributed by atoms with van der Waals surface area (Å²) in [7, 11) is 2.06. The van der Waals surface area contributed by atoms with E-state index in [1.54, 1.807) is 6.07 Å². The molecule has 1 fully saturated rings. The second-order valence-electron chi connectivity index (χ2n) is 3.81. The van der Waals surface area contributed by atoms with Gasteiger partial charge >= 0.3 is 0 Å². The molecule has 0 radical (unpaired) electrons. The van der Waals surface area contributed by atoms with Crippen molar-refractivity contribution in [2.75, 3.05) is 26.7 Å². The Balaban J connectivity index is 2.20. The van der Waals surface area contributed by atoms with Crippen LogP contribution >= 0.6 is 11.6 Å². The Labute approximate surface area is 94.2 Å². The second-order valence-corrected chi connectivity index (χ2v) is 4.20. The average molecular weight is 228 g/mol. The molecule has 1 unspecified atom stereocenters. The number of aryl methyl sites for hydroxylation is 1. The van der Waals surface area contributed by atoms with Gasteiger partial charge in [0.15, 0.2) is 5.82 Å². The van der Waals surface area contributed by atoms with E-state index in [9.17, 15) is 0 Å². The summed E-state index contributed by atoms with van der Waals surface area (Å²) < 4.78 is 5.62. The number of morpholine rings is 1. The summed E-state index contributed by atoms with van der Waals surface area (Å²) in [6, 6.07) is 1.75. The maximum atomic E-state index is 5.89. The van der Waals surface area contributed by atoms with Crippen LogP contribution < -0.4 is 0 Å². The van der Waals surface area contributed by atoms with Crippen molar-refractivity contribution < 1.29 is 4.74 Å². The molecule has 15 heavy (non-hydrogen) atoms. The lowest BCUT2D eigenvalue weighted by atomic mass is 10.2. The first-order chi connectivity index (χ1) is 7.15. The van der Waals surface area contributed by atoms with Crippen molar-refractivity contribution in [3.63, 3.8) is 0 Å². The maximum Gasteiger partial charge on any atom is 0.160 e. The molecule has 1 aromatic rings. The molecular weight excluding hydrogens is 214 g/mol. The van der Waals surface area contributed by atoms with Gasteiger partial charge in [0.1, 0.15) is 11.3 Å². The molecule has 2 heterocycles. The van der Waals surface area contributed by atoms with Crippen molar-refractivity contribution in [1.29, 1.82) is 0 Å². The molecule has 1 saturated heterocycles. The third-order valence-corrected chi connectivity index (χ3v) is 2.59. The van der Waals surface area contributed by atoms with Crippen LogP contribution in [0.4, 0.5) is 0 Å². The summed E-state index contributed by atoms with van der Waals surface area (Å²) in [4.78, 5) is 10.7. The number of hydrogen-bond donors (Lipinski definition) is 0. The van der Waals surface area contributed by atoms with Gasteiger partial charge in [-0.25, -0.2) is 9.97 Å². The Morgan fingerprint density at radius 3 is 3.00 bits per heavy atom. The van der Waals surface area contributed by atoms with E-state index in [0.29, 0.717) is 11.0 Å². The summed E-state index contributed by atoms with van der Waals surface area (Å²) in [5.41, 5.74) is 0.877. The van der Waals surface area contributed by atoms with E-state index in [-0.39, 0.29) is 6.10 Å². The molecule has 1 aliphatic rings. The van der Waals surface area contributed by atoms with Gasteiger partial charge in [-0.3, -0.25) is 0 Å². The average Bonchev–Trinajstić information content (AvgIpc) is 2.16. The zero-order chi connectivity index (χ0) is 10.8. The zero-order valence-corrected chi connectivity index (χ0v) is 9.66. The summed E-state index contributed by atoms with van der Waals surface area (Å²) in [5.74, 6) is 0.687. The molecule has 1 aliphatic heterocycles. The molecule has 1 atom stereocenters. The smallest absolute Gasteiger partial charge is 0.160 e. The number of rotatable bonds is 1. The zero-order valence-electron chi connectivity index (χ0n) is 8.90. The molecule has 1 aromatic heterocycles. The van der Waals surface area contributed by atoms with Gasteiger partial charge in [-0.05, 0) is 20.0 Å². The first-order valence-corrected chi connectivity index (χ1v) is 5.34. The highest BCUT2D eigenvalue weighted by atomic mass is 35.5. The van der Waals surface area contributed by atoms with Gasteiger partial charge in [0.2, 0.25) is 0 Å². The lowest BCUT2D eigenvalue weighted by molar-refractivity contribution is -0.0255. The van der Waals surface area contributed by atoms with Crippen molar-refractivity contribution in [1.82, 2.24) is 14.9 Å². The van der Waals surface area contributed by atoms with Crippen molar-refractivity contribution in [2.24, 2.45) is 0 Å². The minimum Gasteiger partial charge on any atom is -0.368 e. The Bertz CT molecular complexity index is 338. The molecule has 0 saturated carbocycles. The summed E-state index contributed by atoms with van der Waals surface area (Å²) in [6.45, 7) is 4.40. The molecular formula is C10H14ClN3O. The number of aromatic nitrogens is 2. The van der Waals surface area contributed by atoms with Crippen LogP contribution in [0.1, 0.15) is 17.6 Å². The molecule has 0 aliphatic carbocycles. The molecule has 5 heteroatoms. The Hall–Kier alpha value is -0.710. The van der Waals surface area contributed by atoms with Crippen LogP contribution in [0.2, 0.25) is 5.15 Å². The van der Waals surface area contributed by atoms with Crippen LogP contribution in [0.15, 0.2) is 6.07 Å². The van der Waals surface area contributed by atoms with Gasteiger partial charge in [-0.2, -0.15) is 0 Å². The summed E-state index contributed by atoms with van der Waals surface area (Å²) in [5, 5.41) is 0.481. The standard InChI is InChI=1S/C10H14ClN3O/c1-7-5-9(11)13-10(12-7)8-6-14(2)3-4-15-8/h5,8H,3-4,6H2,1-2H3. The van der Waals surface area contributed by atoms with Crippen LogP contribution in [0, 0.1) is 6.92 Å². The predicted octanol–water partition coefficient (Wildman–Crippen LogP) is 1.44. The van der Waals surface area contributed by atoms with Crippen LogP contribution in [0.3, 0.4) is 0 Å². The van der Waals surface area contributed by atoms with Gasteiger partial charge < -0.3 is 9.64 Å². The quantitative estimate of drug-likeness (QED) is 0.681. The van der Waals surface area contributed by atoms with Crippen LogP contribution in [-0.2, 0) is 4.74 Å². The monoisotopic (exact) mass is 227 g/mol. The van der Waals surface area contributed by atoms with E-state index in [1.165, 1.54) is 0 Å². The Morgan fingerprint density at radius 1 is 1.53 bits per heavy atom. The van der Waals surface area contributed by atoms with Crippen LogP contribution in [-0.4, -0.2) is 41.6 Å². The highest BCUT2D eigenvalue weighted by Crippen LogP contribution is 2.19. The summed E-state index contributed by atoms with van der Waals surface area (Å²) >= 11 is 5.89. The molecule has 0 amide bonds. The number of hydrogen-bond acceptors (Lipinski definition) is 4. The fourth-order valence-electron chi connectivity index (χ4n) is 1.63. The molecule has 4 nitrogen and oxygen atoms in total. The summed E-state index contributed by atoms with van der Waals surface area (Å²) in [6.07, 6.45) is -0.0545. The molecule has 82 valence electrons. The third kappa shape index (κ3) is 2.65. The predicted molar refractivity (Wildman–Crippen MR) is 58.0 cm³/mol. The third-order valence-electron chi connectivity index (χ3n) is 2.40. The van der Waals surface area contributed by atoms with Crippen LogP contribution in [0.25, 0.3) is 0 Å². The molecule has 0 spiro atoms. The number of ether oxygens (including phenoxy) is 1. The minimum atomic E-state index is -0.0545. The van der Waals surface area contributed by atoms with E-state index in [4.69, 9.17) is 16.3 Å².